The van der Waals surface area contributed by atoms with E-state index in [1.807, 2.05) is 37.7 Å². The Balaban J connectivity index is 2.19. The lowest BCUT2D eigenvalue weighted by atomic mass is 10.0. The minimum atomic E-state index is -0.167. The van der Waals surface area contributed by atoms with Crippen molar-refractivity contribution in [2.24, 2.45) is 7.05 Å². The van der Waals surface area contributed by atoms with Crippen molar-refractivity contribution < 1.29 is 4.39 Å². The zero-order valence-electron chi connectivity index (χ0n) is 12.7. The number of nitrogens with one attached hydrogen (secondary N) is 1. The Kier molecular flexibility index (Phi) is 4.23. The van der Waals surface area contributed by atoms with Gasteiger partial charge in [0.2, 0.25) is 0 Å². The second-order valence-corrected chi connectivity index (χ2v) is 5.34. The molecule has 2 rings (SSSR count). The average Bonchev–Trinajstić information content (AvgIpc) is 2.63. The van der Waals surface area contributed by atoms with Crippen molar-refractivity contribution in [3.8, 4) is 0 Å². The zero-order valence-corrected chi connectivity index (χ0v) is 12.7. The highest BCUT2D eigenvalue weighted by atomic mass is 19.1. The highest BCUT2D eigenvalue weighted by Gasteiger charge is 2.19. The summed E-state index contributed by atoms with van der Waals surface area (Å²) < 4.78 is 15.7. The second-order valence-electron chi connectivity index (χ2n) is 5.34. The van der Waals surface area contributed by atoms with Crippen molar-refractivity contribution in [1.82, 2.24) is 15.1 Å². The molecule has 0 spiro atoms. The molecule has 0 saturated carbocycles. The molecule has 0 fully saturated rings. The summed E-state index contributed by atoms with van der Waals surface area (Å²) >= 11 is 0. The average molecular weight is 275 g/mol. The number of aromatic nitrogens is 2. The number of nitrogens with zero attached hydrogens (tertiary/aromatic N) is 2. The molecule has 0 bridgehead atoms. The normalized spacial score (nSPS) is 14.3. The molecule has 1 aromatic heterocycles. The van der Waals surface area contributed by atoms with Crippen LogP contribution in [0.5, 0.6) is 0 Å². The highest BCUT2D eigenvalue weighted by Crippen LogP contribution is 2.25. The molecule has 2 unspecified atom stereocenters. The zero-order chi connectivity index (χ0) is 14.9. The number of benzene rings is 1. The van der Waals surface area contributed by atoms with Gasteiger partial charge in [-0.2, -0.15) is 5.10 Å². The molecule has 108 valence electrons. The summed E-state index contributed by atoms with van der Waals surface area (Å²) in [7, 11) is 1.94. The summed E-state index contributed by atoms with van der Waals surface area (Å²) in [4.78, 5) is 0. The third kappa shape index (κ3) is 2.75. The van der Waals surface area contributed by atoms with Gasteiger partial charge in [-0.1, -0.05) is 18.2 Å². The summed E-state index contributed by atoms with van der Waals surface area (Å²) in [5, 5.41) is 7.89. The van der Waals surface area contributed by atoms with Gasteiger partial charge in [0.25, 0.3) is 0 Å². The molecule has 1 aromatic carbocycles. The molecule has 1 N–H and O–H groups in total. The number of hydrogen-bond donors (Lipinski definition) is 1. The predicted molar refractivity (Wildman–Crippen MR) is 79.0 cm³/mol. The van der Waals surface area contributed by atoms with Gasteiger partial charge in [0.15, 0.2) is 0 Å². The molecule has 0 aliphatic heterocycles. The molecule has 0 aliphatic rings. The van der Waals surface area contributed by atoms with Crippen LogP contribution in [0.25, 0.3) is 0 Å². The minimum Gasteiger partial charge on any atom is -0.303 e. The molecule has 4 heteroatoms. The molecule has 0 amide bonds. The first-order chi connectivity index (χ1) is 9.41. The van der Waals surface area contributed by atoms with E-state index in [9.17, 15) is 4.39 Å². The Labute approximate surface area is 119 Å². The monoisotopic (exact) mass is 275 g/mol. The molecule has 2 aromatic rings. The standard InChI is InChI=1S/C16H22FN3/c1-10(14-8-6-7-9-15(14)17)18-11(2)16-12(3)19-20(5)13(16)4/h6-11,18H,1-5H3. The summed E-state index contributed by atoms with van der Waals surface area (Å²) in [6.07, 6.45) is 0. The Morgan fingerprint density at radius 1 is 1.15 bits per heavy atom. The smallest absolute Gasteiger partial charge is 0.127 e. The summed E-state index contributed by atoms with van der Waals surface area (Å²) in [6.45, 7) is 8.14. The first kappa shape index (κ1) is 14.7. The molecule has 20 heavy (non-hydrogen) atoms. The fraction of sp³-hybridized carbons (Fsp3) is 0.438. The lowest BCUT2D eigenvalue weighted by molar-refractivity contribution is 0.471. The molecule has 0 aliphatic carbocycles. The van der Waals surface area contributed by atoms with E-state index in [0.717, 1.165) is 11.4 Å². The number of halogens is 1. The van der Waals surface area contributed by atoms with Crippen LogP contribution >= 0.6 is 0 Å². The van der Waals surface area contributed by atoms with Gasteiger partial charge in [0.05, 0.1) is 5.69 Å². The van der Waals surface area contributed by atoms with Crippen LogP contribution in [-0.2, 0) is 7.05 Å². The fourth-order valence-corrected chi connectivity index (χ4v) is 2.79. The number of aryl methyl sites for hydroxylation is 2. The van der Waals surface area contributed by atoms with Crippen molar-refractivity contribution in [2.45, 2.75) is 39.8 Å². The molecule has 0 saturated heterocycles. The van der Waals surface area contributed by atoms with Gasteiger partial charge in [0.1, 0.15) is 5.82 Å². The largest absolute Gasteiger partial charge is 0.303 e. The molecule has 2 atom stereocenters. The minimum absolute atomic E-state index is 0.0507. The predicted octanol–water partition coefficient (Wildman–Crippen LogP) is 3.59. The summed E-state index contributed by atoms with van der Waals surface area (Å²) in [6, 6.07) is 6.97. The van der Waals surface area contributed by atoms with Gasteiger partial charge in [0, 0.05) is 36.0 Å². The number of rotatable bonds is 4. The third-order valence-electron chi connectivity index (χ3n) is 3.87. The van der Waals surface area contributed by atoms with Gasteiger partial charge in [-0.3, -0.25) is 4.68 Å². The van der Waals surface area contributed by atoms with Crippen molar-refractivity contribution in [2.75, 3.05) is 0 Å². The van der Waals surface area contributed by atoms with Gasteiger partial charge in [-0.05, 0) is 33.8 Å². The molecular formula is C16H22FN3. The lowest BCUT2D eigenvalue weighted by Gasteiger charge is -2.21. The summed E-state index contributed by atoms with van der Waals surface area (Å²) in [5.41, 5.74) is 4.04. The van der Waals surface area contributed by atoms with Crippen molar-refractivity contribution in [3.63, 3.8) is 0 Å². The van der Waals surface area contributed by atoms with Gasteiger partial charge in [-0.25, -0.2) is 4.39 Å². The van der Waals surface area contributed by atoms with E-state index in [2.05, 4.69) is 24.3 Å². The molecule has 1 heterocycles. The topological polar surface area (TPSA) is 29.9 Å². The van der Waals surface area contributed by atoms with E-state index in [-0.39, 0.29) is 17.9 Å². The van der Waals surface area contributed by atoms with Crippen molar-refractivity contribution in [3.05, 3.63) is 52.6 Å². The van der Waals surface area contributed by atoms with Crippen LogP contribution < -0.4 is 5.32 Å². The number of hydrogen-bond acceptors (Lipinski definition) is 2. The van der Waals surface area contributed by atoms with Crippen LogP contribution in [0.1, 0.15) is 48.4 Å². The Bertz CT molecular complexity index is 604. The maximum Gasteiger partial charge on any atom is 0.127 e. The van der Waals surface area contributed by atoms with Gasteiger partial charge < -0.3 is 5.32 Å². The van der Waals surface area contributed by atoms with Crippen molar-refractivity contribution >= 4 is 0 Å². The van der Waals surface area contributed by atoms with E-state index in [1.54, 1.807) is 6.07 Å². The Morgan fingerprint density at radius 2 is 1.80 bits per heavy atom. The van der Waals surface area contributed by atoms with Crippen LogP contribution in [0.2, 0.25) is 0 Å². The van der Waals surface area contributed by atoms with Crippen LogP contribution in [0, 0.1) is 19.7 Å². The van der Waals surface area contributed by atoms with Crippen molar-refractivity contribution in [1.29, 1.82) is 0 Å². The van der Waals surface area contributed by atoms with Crippen LogP contribution in [-0.4, -0.2) is 9.78 Å². The highest BCUT2D eigenvalue weighted by molar-refractivity contribution is 5.28. The lowest BCUT2D eigenvalue weighted by Crippen LogP contribution is -2.24. The molecule has 0 radical (unpaired) electrons. The first-order valence-electron chi connectivity index (χ1n) is 6.92. The SMILES string of the molecule is Cc1nn(C)c(C)c1C(C)NC(C)c1ccccc1F. The Morgan fingerprint density at radius 3 is 2.35 bits per heavy atom. The van der Waals surface area contributed by atoms with Gasteiger partial charge in [-0.15, -0.1) is 0 Å². The van der Waals surface area contributed by atoms with E-state index < -0.39 is 0 Å². The van der Waals surface area contributed by atoms with E-state index in [0.29, 0.717) is 5.56 Å². The Hall–Kier alpha value is -1.68. The van der Waals surface area contributed by atoms with Crippen LogP contribution in [0.15, 0.2) is 24.3 Å². The first-order valence-corrected chi connectivity index (χ1v) is 6.92. The maximum absolute atomic E-state index is 13.8. The maximum atomic E-state index is 13.8. The van der Waals surface area contributed by atoms with E-state index >= 15 is 0 Å². The quantitative estimate of drug-likeness (QED) is 0.924. The summed E-state index contributed by atoms with van der Waals surface area (Å²) in [5.74, 6) is -0.167. The van der Waals surface area contributed by atoms with E-state index in [1.165, 1.54) is 11.6 Å². The molecular weight excluding hydrogens is 253 g/mol. The van der Waals surface area contributed by atoms with Gasteiger partial charge >= 0.3 is 0 Å². The van der Waals surface area contributed by atoms with E-state index in [4.69, 9.17) is 0 Å². The fourth-order valence-electron chi connectivity index (χ4n) is 2.79. The van der Waals surface area contributed by atoms with Crippen LogP contribution in [0.3, 0.4) is 0 Å². The molecule has 3 nitrogen and oxygen atoms in total. The third-order valence-corrected chi connectivity index (χ3v) is 3.87. The van der Waals surface area contributed by atoms with Crippen LogP contribution in [0.4, 0.5) is 4.39 Å². The second kappa shape index (κ2) is 5.75.